The standard InChI is InChI=1S/C15H24N2O2/c1-11(12-6-5-7-13(18)10-12)17-14(19)8-9-16-15(2,3)4/h5-7,10-11,16,18H,8-9H2,1-4H3,(H,17,19). The Labute approximate surface area is 115 Å². The molecular weight excluding hydrogens is 240 g/mol. The topological polar surface area (TPSA) is 61.4 Å². The highest BCUT2D eigenvalue weighted by Gasteiger charge is 2.12. The number of carbonyl (C=O) groups is 1. The highest BCUT2D eigenvalue weighted by molar-refractivity contribution is 5.76. The summed E-state index contributed by atoms with van der Waals surface area (Å²) in [6.45, 7) is 8.77. The molecule has 0 heterocycles. The average Bonchev–Trinajstić information content (AvgIpc) is 2.27. The number of benzene rings is 1. The van der Waals surface area contributed by atoms with Crippen molar-refractivity contribution in [3.63, 3.8) is 0 Å². The molecule has 0 saturated carbocycles. The molecule has 1 amide bonds. The van der Waals surface area contributed by atoms with Gasteiger partial charge in [0.05, 0.1) is 6.04 Å². The van der Waals surface area contributed by atoms with E-state index in [1.807, 2.05) is 13.0 Å². The Balaban J connectivity index is 2.40. The lowest BCUT2D eigenvalue weighted by atomic mass is 10.1. The van der Waals surface area contributed by atoms with E-state index >= 15 is 0 Å². The van der Waals surface area contributed by atoms with E-state index in [1.165, 1.54) is 0 Å². The van der Waals surface area contributed by atoms with Crippen LogP contribution in [-0.4, -0.2) is 23.1 Å². The van der Waals surface area contributed by atoms with Crippen molar-refractivity contribution in [2.24, 2.45) is 0 Å². The molecule has 1 aromatic rings. The van der Waals surface area contributed by atoms with E-state index in [1.54, 1.807) is 18.2 Å². The zero-order valence-corrected chi connectivity index (χ0v) is 12.2. The van der Waals surface area contributed by atoms with Crippen molar-refractivity contribution in [3.8, 4) is 5.75 Å². The van der Waals surface area contributed by atoms with Crippen molar-refractivity contribution < 1.29 is 9.90 Å². The summed E-state index contributed by atoms with van der Waals surface area (Å²) in [7, 11) is 0. The van der Waals surface area contributed by atoms with Gasteiger partial charge in [0.15, 0.2) is 0 Å². The lowest BCUT2D eigenvalue weighted by Crippen LogP contribution is -2.38. The molecule has 1 aromatic carbocycles. The molecule has 0 saturated heterocycles. The largest absolute Gasteiger partial charge is 0.508 e. The molecule has 0 aliphatic carbocycles. The molecule has 0 radical (unpaired) electrons. The van der Waals surface area contributed by atoms with Gasteiger partial charge in [0.2, 0.25) is 5.91 Å². The monoisotopic (exact) mass is 264 g/mol. The summed E-state index contributed by atoms with van der Waals surface area (Å²) < 4.78 is 0. The molecule has 1 atom stereocenters. The van der Waals surface area contributed by atoms with Crippen LogP contribution in [0.3, 0.4) is 0 Å². The first kappa shape index (κ1) is 15.5. The van der Waals surface area contributed by atoms with Crippen LogP contribution in [0.25, 0.3) is 0 Å². The van der Waals surface area contributed by atoms with Gasteiger partial charge in [0.25, 0.3) is 0 Å². The third-order valence-corrected chi connectivity index (χ3v) is 2.76. The molecule has 0 aliphatic rings. The Bertz CT molecular complexity index is 424. The van der Waals surface area contributed by atoms with Gasteiger partial charge in [0, 0.05) is 18.5 Å². The fraction of sp³-hybridized carbons (Fsp3) is 0.533. The number of rotatable bonds is 5. The predicted octanol–water partition coefficient (Wildman–Crippen LogP) is 2.35. The third kappa shape index (κ3) is 6.25. The smallest absolute Gasteiger partial charge is 0.221 e. The van der Waals surface area contributed by atoms with Gasteiger partial charge in [-0.25, -0.2) is 0 Å². The maximum atomic E-state index is 11.8. The molecule has 1 rings (SSSR count). The SMILES string of the molecule is CC(NC(=O)CCNC(C)(C)C)c1cccc(O)c1. The van der Waals surface area contributed by atoms with Gasteiger partial charge in [0.1, 0.15) is 5.75 Å². The van der Waals surface area contributed by atoms with Crippen LogP contribution in [0.2, 0.25) is 0 Å². The summed E-state index contributed by atoms with van der Waals surface area (Å²) in [6.07, 6.45) is 0.445. The molecule has 4 heteroatoms. The van der Waals surface area contributed by atoms with Crippen molar-refractivity contribution in [2.45, 2.75) is 45.7 Å². The minimum Gasteiger partial charge on any atom is -0.508 e. The maximum absolute atomic E-state index is 11.8. The lowest BCUT2D eigenvalue weighted by molar-refractivity contribution is -0.121. The molecule has 3 N–H and O–H groups in total. The Morgan fingerprint density at radius 2 is 2.05 bits per heavy atom. The quantitative estimate of drug-likeness (QED) is 0.765. The van der Waals surface area contributed by atoms with Crippen LogP contribution in [-0.2, 0) is 4.79 Å². The number of carbonyl (C=O) groups excluding carboxylic acids is 1. The molecule has 19 heavy (non-hydrogen) atoms. The van der Waals surface area contributed by atoms with Crippen molar-refractivity contribution in [1.82, 2.24) is 10.6 Å². The summed E-state index contributed by atoms with van der Waals surface area (Å²) in [4.78, 5) is 11.8. The van der Waals surface area contributed by atoms with Crippen LogP contribution >= 0.6 is 0 Å². The average molecular weight is 264 g/mol. The zero-order chi connectivity index (χ0) is 14.5. The molecule has 106 valence electrons. The van der Waals surface area contributed by atoms with Gasteiger partial charge >= 0.3 is 0 Å². The first-order chi connectivity index (χ1) is 8.78. The first-order valence-corrected chi connectivity index (χ1v) is 6.61. The Morgan fingerprint density at radius 3 is 2.63 bits per heavy atom. The third-order valence-electron chi connectivity index (χ3n) is 2.76. The second kappa shape index (κ2) is 6.57. The van der Waals surface area contributed by atoms with Gasteiger partial charge in [-0.1, -0.05) is 12.1 Å². The summed E-state index contributed by atoms with van der Waals surface area (Å²) in [6, 6.07) is 6.84. The van der Waals surface area contributed by atoms with Gasteiger partial charge in [-0.2, -0.15) is 0 Å². The molecule has 1 unspecified atom stereocenters. The number of phenolic OH excluding ortho intramolecular Hbond substituents is 1. The van der Waals surface area contributed by atoms with Crippen LogP contribution in [0.5, 0.6) is 5.75 Å². The summed E-state index contributed by atoms with van der Waals surface area (Å²) in [5.74, 6) is 0.223. The van der Waals surface area contributed by atoms with E-state index in [0.29, 0.717) is 13.0 Å². The number of phenols is 1. The van der Waals surface area contributed by atoms with E-state index in [9.17, 15) is 9.90 Å². The van der Waals surface area contributed by atoms with Gasteiger partial charge in [-0.3, -0.25) is 4.79 Å². The van der Waals surface area contributed by atoms with E-state index in [-0.39, 0.29) is 23.2 Å². The number of hydrogen-bond acceptors (Lipinski definition) is 3. The second-order valence-electron chi connectivity index (χ2n) is 5.81. The van der Waals surface area contributed by atoms with Gasteiger partial charge in [-0.15, -0.1) is 0 Å². The van der Waals surface area contributed by atoms with Crippen LogP contribution in [0, 0.1) is 0 Å². The molecule has 0 bridgehead atoms. The number of amides is 1. The van der Waals surface area contributed by atoms with E-state index in [4.69, 9.17) is 0 Å². The maximum Gasteiger partial charge on any atom is 0.221 e. The van der Waals surface area contributed by atoms with E-state index < -0.39 is 0 Å². The van der Waals surface area contributed by atoms with Crippen molar-refractivity contribution >= 4 is 5.91 Å². The molecule has 0 aromatic heterocycles. The fourth-order valence-electron chi connectivity index (χ4n) is 1.74. The highest BCUT2D eigenvalue weighted by atomic mass is 16.3. The molecule has 4 nitrogen and oxygen atoms in total. The predicted molar refractivity (Wildman–Crippen MR) is 77.0 cm³/mol. The van der Waals surface area contributed by atoms with Crippen LogP contribution in [0.1, 0.15) is 45.7 Å². The van der Waals surface area contributed by atoms with Gasteiger partial charge < -0.3 is 15.7 Å². The Kier molecular flexibility index (Phi) is 5.36. The van der Waals surface area contributed by atoms with Crippen LogP contribution in [0.15, 0.2) is 24.3 Å². The number of nitrogens with one attached hydrogen (secondary N) is 2. The van der Waals surface area contributed by atoms with Crippen molar-refractivity contribution in [3.05, 3.63) is 29.8 Å². The Morgan fingerprint density at radius 1 is 1.37 bits per heavy atom. The minimum atomic E-state index is -0.103. The normalized spacial score (nSPS) is 13.1. The fourth-order valence-corrected chi connectivity index (χ4v) is 1.74. The van der Waals surface area contributed by atoms with E-state index in [0.717, 1.165) is 5.56 Å². The van der Waals surface area contributed by atoms with Crippen LogP contribution < -0.4 is 10.6 Å². The summed E-state index contributed by atoms with van der Waals surface area (Å²) in [5.41, 5.74) is 0.925. The number of aromatic hydroxyl groups is 1. The highest BCUT2D eigenvalue weighted by Crippen LogP contribution is 2.17. The number of hydrogen-bond donors (Lipinski definition) is 3. The molecular formula is C15H24N2O2. The molecule has 0 aliphatic heterocycles. The first-order valence-electron chi connectivity index (χ1n) is 6.61. The van der Waals surface area contributed by atoms with Gasteiger partial charge in [-0.05, 0) is 45.4 Å². The molecule has 0 spiro atoms. The second-order valence-corrected chi connectivity index (χ2v) is 5.81. The summed E-state index contributed by atoms with van der Waals surface area (Å²) >= 11 is 0. The summed E-state index contributed by atoms with van der Waals surface area (Å²) in [5, 5.41) is 15.6. The van der Waals surface area contributed by atoms with Crippen LogP contribution in [0.4, 0.5) is 0 Å². The lowest BCUT2D eigenvalue weighted by Gasteiger charge is -2.21. The van der Waals surface area contributed by atoms with Crippen molar-refractivity contribution in [2.75, 3.05) is 6.54 Å². The molecule has 0 fully saturated rings. The zero-order valence-electron chi connectivity index (χ0n) is 12.2. The van der Waals surface area contributed by atoms with Crippen molar-refractivity contribution in [1.29, 1.82) is 0 Å². The minimum absolute atomic E-state index is 0.00703. The van der Waals surface area contributed by atoms with E-state index in [2.05, 4.69) is 31.4 Å². The Hall–Kier alpha value is -1.55.